The molecule has 1 heterocycles. The van der Waals surface area contributed by atoms with Gasteiger partial charge in [0.05, 0.1) is 16.4 Å². The molecule has 1 aromatic heterocycles. The van der Waals surface area contributed by atoms with Crippen molar-refractivity contribution in [2.45, 2.75) is 26.3 Å². The van der Waals surface area contributed by atoms with Crippen molar-refractivity contribution < 1.29 is 0 Å². The second kappa shape index (κ2) is 6.17. The Labute approximate surface area is 129 Å². The number of hydrogen-bond donors (Lipinski definition) is 1. The van der Waals surface area contributed by atoms with Gasteiger partial charge in [-0.2, -0.15) is 5.10 Å². The summed E-state index contributed by atoms with van der Waals surface area (Å²) in [4.78, 5) is 0. The Hall–Kier alpha value is -1.03. The molecule has 1 aromatic carbocycles. The maximum absolute atomic E-state index is 6.34. The molecule has 0 saturated heterocycles. The summed E-state index contributed by atoms with van der Waals surface area (Å²) < 4.78 is 1.85. The first kappa shape index (κ1) is 15.4. The highest BCUT2D eigenvalue weighted by atomic mass is 35.5. The fourth-order valence-electron chi connectivity index (χ4n) is 2.45. The molecule has 0 bridgehead atoms. The van der Waals surface area contributed by atoms with Crippen LogP contribution in [0.1, 0.15) is 28.6 Å². The molecule has 0 amide bonds. The van der Waals surface area contributed by atoms with Crippen molar-refractivity contribution >= 4 is 23.2 Å². The zero-order chi connectivity index (χ0) is 14.9. The minimum Gasteiger partial charge on any atom is -0.313 e. The lowest BCUT2D eigenvalue weighted by Gasteiger charge is -2.19. The van der Waals surface area contributed by atoms with E-state index < -0.39 is 0 Å². The van der Waals surface area contributed by atoms with E-state index in [1.807, 2.05) is 43.9 Å². The molecule has 3 nitrogen and oxygen atoms in total. The number of likely N-dealkylation sites (N-methyl/N-ethyl adjacent to an activating group) is 1. The van der Waals surface area contributed by atoms with Gasteiger partial charge in [0, 0.05) is 24.5 Å². The third-order valence-electron chi connectivity index (χ3n) is 3.62. The number of halogens is 2. The minimum absolute atomic E-state index is 0.154. The first-order valence-electron chi connectivity index (χ1n) is 6.55. The molecule has 0 aliphatic carbocycles. The molecular formula is C15H19Cl2N3. The van der Waals surface area contributed by atoms with E-state index in [0.717, 1.165) is 27.9 Å². The normalized spacial score (nSPS) is 12.7. The number of nitrogens with one attached hydrogen (secondary N) is 1. The lowest BCUT2D eigenvalue weighted by Crippen LogP contribution is -2.21. The van der Waals surface area contributed by atoms with Crippen molar-refractivity contribution in [3.63, 3.8) is 0 Å². The van der Waals surface area contributed by atoms with Gasteiger partial charge in [-0.25, -0.2) is 0 Å². The molecule has 1 N–H and O–H groups in total. The molecule has 5 heteroatoms. The number of benzene rings is 1. The van der Waals surface area contributed by atoms with Crippen LogP contribution in [-0.2, 0) is 13.5 Å². The largest absolute Gasteiger partial charge is 0.313 e. The summed E-state index contributed by atoms with van der Waals surface area (Å²) in [5, 5.41) is 9.19. The molecule has 1 atom stereocenters. The zero-order valence-electron chi connectivity index (χ0n) is 12.2. The van der Waals surface area contributed by atoms with Crippen LogP contribution in [0.25, 0.3) is 0 Å². The summed E-state index contributed by atoms with van der Waals surface area (Å²) >= 11 is 12.5. The highest BCUT2D eigenvalue weighted by Crippen LogP contribution is 2.28. The van der Waals surface area contributed by atoms with Gasteiger partial charge in [0.1, 0.15) is 0 Å². The van der Waals surface area contributed by atoms with E-state index in [0.29, 0.717) is 0 Å². The minimum atomic E-state index is 0.154. The number of aromatic nitrogens is 2. The second-order valence-corrected chi connectivity index (χ2v) is 5.83. The number of aryl methyl sites for hydroxylation is 3. The van der Waals surface area contributed by atoms with Crippen molar-refractivity contribution in [1.29, 1.82) is 0 Å². The van der Waals surface area contributed by atoms with Gasteiger partial charge in [-0.05, 0) is 44.2 Å². The number of rotatable bonds is 4. The van der Waals surface area contributed by atoms with E-state index in [2.05, 4.69) is 17.3 Å². The molecule has 2 aromatic rings. The standard InChI is InChI=1S/C15H19Cl2N3/c1-9-5-6-11(16)7-12(9)13(18-3)8-14-15(17)10(2)19-20(14)4/h5-7,13,18H,8H2,1-4H3. The van der Waals surface area contributed by atoms with Gasteiger partial charge in [-0.15, -0.1) is 0 Å². The van der Waals surface area contributed by atoms with Crippen LogP contribution in [0.5, 0.6) is 0 Å². The van der Waals surface area contributed by atoms with Gasteiger partial charge >= 0.3 is 0 Å². The van der Waals surface area contributed by atoms with E-state index >= 15 is 0 Å². The summed E-state index contributed by atoms with van der Waals surface area (Å²) in [5.41, 5.74) is 4.29. The molecule has 0 spiro atoms. The molecule has 0 radical (unpaired) electrons. The molecule has 20 heavy (non-hydrogen) atoms. The van der Waals surface area contributed by atoms with Crippen molar-refractivity contribution in [1.82, 2.24) is 15.1 Å². The zero-order valence-corrected chi connectivity index (χ0v) is 13.7. The topological polar surface area (TPSA) is 29.9 Å². The first-order chi connectivity index (χ1) is 9.43. The summed E-state index contributed by atoms with van der Waals surface area (Å²) in [7, 11) is 3.87. The average Bonchev–Trinajstić information content (AvgIpc) is 2.65. The van der Waals surface area contributed by atoms with E-state index in [-0.39, 0.29) is 6.04 Å². The van der Waals surface area contributed by atoms with Crippen LogP contribution in [0.15, 0.2) is 18.2 Å². The maximum atomic E-state index is 6.34. The molecular weight excluding hydrogens is 293 g/mol. The van der Waals surface area contributed by atoms with Gasteiger partial charge in [0.2, 0.25) is 0 Å². The van der Waals surface area contributed by atoms with E-state index in [1.54, 1.807) is 0 Å². The predicted octanol–water partition coefficient (Wildman–Crippen LogP) is 3.85. The van der Waals surface area contributed by atoms with Crippen LogP contribution < -0.4 is 5.32 Å². The van der Waals surface area contributed by atoms with E-state index in [4.69, 9.17) is 23.2 Å². The van der Waals surface area contributed by atoms with Gasteiger partial charge in [0.15, 0.2) is 0 Å². The highest BCUT2D eigenvalue weighted by Gasteiger charge is 2.18. The summed E-state index contributed by atoms with van der Waals surface area (Å²) in [6.45, 7) is 4.01. The molecule has 2 rings (SSSR count). The Morgan fingerprint density at radius 3 is 2.55 bits per heavy atom. The van der Waals surface area contributed by atoms with Crippen LogP contribution >= 0.6 is 23.2 Å². The van der Waals surface area contributed by atoms with Crippen LogP contribution in [0.3, 0.4) is 0 Å². The SMILES string of the molecule is CNC(Cc1c(Cl)c(C)nn1C)c1cc(Cl)ccc1C. The molecule has 1 unspecified atom stereocenters. The molecule has 0 aliphatic rings. The molecule has 0 saturated carbocycles. The van der Waals surface area contributed by atoms with Crippen LogP contribution in [0.2, 0.25) is 10.0 Å². The van der Waals surface area contributed by atoms with Crippen molar-refractivity contribution in [2.75, 3.05) is 7.05 Å². The summed E-state index contributed by atoms with van der Waals surface area (Å²) in [6.07, 6.45) is 0.772. The predicted molar refractivity (Wildman–Crippen MR) is 84.6 cm³/mol. The van der Waals surface area contributed by atoms with Crippen LogP contribution in [0, 0.1) is 13.8 Å². The lowest BCUT2D eigenvalue weighted by atomic mass is 9.97. The summed E-state index contributed by atoms with van der Waals surface area (Å²) in [5.74, 6) is 0. The second-order valence-electron chi connectivity index (χ2n) is 5.02. The van der Waals surface area contributed by atoms with E-state index in [9.17, 15) is 0 Å². The van der Waals surface area contributed by atoms with Crippen molar-refractivity contribution in [3.8, 4) is 0 Å². The third kappa shape index (κ3) is 3.00. The Morgan fingerprint density at radius 2 is 2.00 bits per heavy atom. The van der Waals surface area contributed by atoms with E-state index in [1.165, 1.54) is 11.1 Å². The quantitative estimate of drug-likeness (QED) is 0.929. The Balaban J connectivity index is 2.36. The van der Waals surface area contributed by atoms with Gasteiger partial charge in [-0.3, -0.25) is 4.68 Å². The Bertz CT molecular complexity index is 620. The highest BCUT2D eigenvalue weighted by molar-refractivity contribution is 6.32. The van der Waals surface area contributed by atoms with Gasteiger partial charge in [-0.1, -0.05) is 29.3 Å². The molecule has 0 fully saturated rings. The van der Waals surface area contributed by atoms with Gasteiger partial charge < -0.3 is 5.32 Å². The number of nitrogens with zero attached hydrogens (tertiary/aromatic N) is 2. The Kier molecular flexibility index (Phi) is 4.74. The smallest absolute Gasteiger partial charge is 0.0847 e. The average molecular weight is 312 g/mol. The van der Waals surface area contributed by atoms with Crippen LogP contribution in [0.4, 0.5) is 0 Å². The summed E-state index contributed by atoms with van der Waals surface area (Å²) in [6, 6.07) is 6.11. The van der Waals surface area contributed by atoms with Crippen molar-refractivity contribution in [2.24, 2.45) is 7.05 Å². The first-order valence-corrected chi connectivity index (χ1v) is 7.31. The molecule has 0 aliphatic heterocycles. The van der Waals surface area contributed by atoms with Gasteiger partial charge in [0.25, 0.3) is 0 Å². The third-order valence-corrected chi connectivity index (χ3v) is 4.35. The maximum Gasteiger partial charge on any atom is 0.0847 e. The monoisotopic (exact) mass is 311 g/mol. The Morgan fingerprint density at radius 1 is 1.30 bits per heavy atom. The fraction of sp³-hybridized carbons (Fsp3) is 0.400. The van der Waals surface area contributed by atoms with Crippen LogP contribution in [-0.4, -0.2) is 16.8 Å². The lowest BCUT2D eigenvalue weighted by molar-refractivity contribution is 0.559. The van der Waals surface area contributed by atoms with Crippen molar-refractivity contribution in [3.05, 3.63) is 50.8 Å². The number of hydrogen-bond acceptors (Lipinski definition) is 2. The fourth-order valence-corrected chi connectivity index (χ4v) is 2.87. The molecule has 108 valence electrons.